The van der Waals surface area contributed by atoms with E-state index >= 15 is 0 Å². The van der Waals surface area contributed by atoms with Crippen molar-refractivity contribution in [3.05, 3.63) is 64.1 Å². The van der Waals surface area contributed by atoms with E-state index in [9.17, 15) is 4.79 Å². The minimum absolute atomic E-state index is 0.0438. The molecule has 3 nitrogen and oxygen atoms in total. The summed E-state index contributed by atoms with van der Waals surface area (Å²) >= 11 is 3.40. The number of hydrogen-bond donors (Lipinski definition) is 1. The van der Waals surface area contributed by atoms with Gasteiger partial charge in [-0.3, -0.25) is 4.79 Å². The molecule has 2 aromatic carbocycles. The maximum atomic E-state index is 12.1. The molecule has 0 fully saturated rings. The van der Waals surface area contributed by atoms with Gasteiger partial charge < -0.3 is 10.1 Å². The van der Waals surface area contributed by atoms with Gasteiger partial charge in [0.15, 0.2) is 0 Å². The Kier molecular flexibility index (Phi) is 4.79. The van der Waals surface area contributed by atoms with Gasteiger partial charge in [0.2, 0.25) is 0 Å². The van der Waals surface area contributed by atoms with E-state index in [0.29, 0.717) is 5.56 Å². The van der Waals surface area contributed by atoms with Crippen LogP contribution in [0.1, 0.15) is 28.9 Å². The van der Waals surface area contributed by atoms with Crippen LogP contribution in [0.3, 0.4) is 0 Å². The molecule has 104 valence electrons. The van der Waals surface area contributed by atoms with Crippen LogP contribution >= 0.6 is 15.9 Å². The molecule has 2 aromatic rings. The van der Waals surface area contributed by atoms with Gasteiger partial charge in [-0.1, -0.05) is 28.1 Å². The molecule has 0 aliphatic carbocycles. The Morgan fingerprint density at radius 3 is 2.25 bits per heavy atom. The molecule has 1 atom stereocenters. The number of carbonyl (C=O) groups excluding carboxylic acids is 1. The number of rotatable bonds is 4. The van der Waals surface area contributed by atoms with Crippen LogP contribution in [0.4, 0.5) is 0 Å². The standard InChI is InChI=1S/C16H16BrNO2/c1-11(12-3-7-14(17)8-4-12)18-16(19)13-5-9-15(20-2)10-6-13/h3-11H,1-2H3,(H,18,19)/t11-/m1/s1. The zero-order valence-corrected chi connectivity index (χ0v) is 13.0. The third-order valence-corrected chi connectivity index (χ3v) is 3.60. The smallest absolute Gasteiger partial charge is 0.251 e. The summed E-state index contributed by atoms with van der Waals surface area (Å²) in [6.45, 7) is 1.96. The molecule has 0 aromatic heterocycles. The number of benzene rings is 2. The molecule has 2 rings (SSSR count). The summed E-state index contributed by atoms with van der Waals surface area (Å²) in [5.41, 5.74) is 1.69. The van der Waals surface area contributed by atoms with Gasteiger partial charge in [-0.2, -0.15) is 0 Å². The molecule has 0 aliphatic heterocycles. The highest BCUT2D eigenvalue weighted by Gasteiger charge is 2.11. The van der Waals surface area contributed by atoms with Crippen molar-refractivity contribution in [1.29, 1.82) is 0 Å². The fraction of sp³-hybridized carbons (Fsp3) is 0.188. The fourth-order valence-electron chi connectivity index (χ4n) is 1.86. The fourth-order valence-corrected chi connectivity index (χ4v) is 2.12. The van der Waals surface area contributed by atoms with E-state index in [0.717, 1.165) is 15.8 Å². The first-order valence-electron chi connectivity index (χ1n) is 6.30. The van der Waals surface area contributed by atoms with Crippen molar-refractivity contribution < 1.29 is 9.53 Å². The number of amides is 1. The van der Waals surface area contributed by atoms with Gasteiger partial charge in [0.05, 0.1) is 13.2 Å². The predicted molar refractivity (Wildman–Crippen MR) is 83.0 cm³/mol. The van der Waals surface area contributed by atoms with Crippen LogP contribution in [0.25, 0.3) is 0 Å². The normalized spacial score (nSPS) is 11.8. The minimum atomic E-state index is -0.0944. The molecule has 0 bridgehead atoms. The van der Waals surface area contributed by atoms with Crippen molar-refractivity contribution in [2.75, 3.05) is 7.11 Å². The molecule has 0 saturated carbocycles. The summed E-state index contributed by atoms with van der Waals surface area (Å²) in [4.78, 5) is 12.1. The monoisotopic (exact) mass is 333 g/mol. The van der Waals surface area contributed by atoms with Crippen LogP contribution in [0.5, 0.6) is 5.75 Å². The van der Waals surface area contributed by atoms with Crippen molar-refractivity contribution >= 4 is 21.8 Å². The maximum Gasteiger partial charge on any atom is 0.251 e. The van der Waals surface area contributed by atoms with Gasteiger partial charge in [-0.25, -0.2) is 0 Å². The average molecular weight is 334 g/mol. The first-order chi connectivity index (χ1) is 9.60. The number of methoxy groups -OCH3 is 1. The first-order valence-corrected chi connectivity index (χ1v) is 7.10. The van der Waals surface area contributed by atoms with Gasteiger partial charge in [-0.15, -0.1) is 0 Å². The molecule has 1 amide bonds. The molecule has 1 N–H and O–H groups in total. The Labute approximate surface area is 127 Å². The van der Waals surface area contributed by atoms with Crippen molar-refractivity contribution in [3.63, 3.8) is 0 Å². The highest BCUT2D eigenvalue weighted by molar-refractivity contribution is 9.10. The molecule has 4 heteroatoms. The van der Waals surface area contributed by atoms with Crippen molar-refractivity contribution in [3.8, 4) is 5.75 Å². The van der Waals surface area contributed by atoms with Crippen molar-refractivity contribution in [2.24, 2.45) is 0 Å². The van der Waals surface area contributed by atoms with Gasteiger partial charge in [-0.05, 0) is 48.9 Å². The number of ether oxygens (including phenoxy) is 1. The molecule has 0 aliphatic rings. The number of carbonyl (C=O) groups is 1. The Hall–Kier alpha value is -1.81. The minimum Gasteiger partial charge on any atom is -0.497 e. The van der Waals surface area contributed by atoms with Gasteiger partial charge in [0, 0.05) is 10.0 Å². The van der Waals surface area contributed by atoms with E-state index in [-0.39, 0.29) is 11.9 Å². The molecule has 0 heterocycles. The molecular formula is C16H16BrNO2. The van der Waals surface area contributed by atoms with E-state index in [2.05, 4.69) is 21.2 Å². The lowest BCUT2D eigenvalue weighted by Crippen LogP contribution is -2.26. The molecule has 0 spiro atoms. The van der Waals surface area contributed by atoms with E-state index in [4.69, 9.17) is 4.74 Å². The summed E-state index contributed by atoms with van der Waals surface area (Å²) in [5.74, 6) is 0.644. The SMILES string of the molecule is COc1ccc(C(=O)N[C@H](C)c2ccc(Br)cc2)cc1. The predicted octanol–water partition coefficient (Wildman–Crippen LogP) is 3.95. The molecule has 20 heavy (non-hydrogen) atoms. The van der Waals surface area contributed by atoms with E-state index in [1.807, 2.05) is 31.2 Å². The second-order valence-electron chi connectivity index (χ2n) is 4.48. The topological polar surface area (TPSA) is 38.3 Å². The summed E-state index contributed by atoms with van der Waals surface area (Å²) < 4.78 is 6.10. The van der Waals surface area contributed by atoms with Gasteiger partial charge >= 0.3 is 0 Å². The summed E-state index contributed by atoms with van der Waals surface area (Å²) in [5, 5.41) is 2.97. The van der Waals surface area contributed by atoms with Crippen LogP contribution < -0.4 is 10.1 Å². The average Bonchev–Trinajstić information content (AvgIpc) is 2.48. The Morgan fingerprint density at radius 1 is 1.10 bits per heavy atom. The van der Waals surface area contributed by atoms with Gasteiger partial charge in [0.25, 0.3) is 5.91 Å². The van der Waals surface area contributed by atoms with Crippen LogP contribution in [0.2, 0.25) is 0 Å². The Bertz CT molecular complexity index is 578. The lowest BCUT2D eigenvalue weighted by molar-refractivity contribution is 0.0940. The van der Waals surface area contributed by atoms with Crippen LogP contribution in [-0.4, -0.2) is 13.0 Å². The molecule has 0 radical (unpaired) electrons. The van der Waals surface area contributed by atoms with Crippen LogP contribution in [0, 0.1) is 0 Å². The maximum absolute atomic E-state index is 12.1. The van der Waals surface area contributed by atoms with Gasteiger partial charge in [0.1, 0.15) is 5.75 Å². The van der Waals surface area contributed by atoms with Crippen LogP contribution in [0.15, 0.2) is 53.0 Å². The van der Waals surface area contributed by atoms with E-state index in [1.54, 1.807) is 31.4 Å². The highest BCUT2D eigenvalue weighted by atomic mass is 79.9. The van der Waals surface area contributed by atoms with Crippen molar-refractivity contribution in [1.82, 2.24) is 5.32 Å². The second-order valence-corrected chi connectivity index (χ2v) is 5.39. The Morgan fingerprint density at radius 2 is 1.70 bits per heavy atom. The highest BCUT2D eigenvalue weighted by Crippen LogP contribution is 2.17. The third kappa shape index (κ3) is 3.61. The number of halogens is 1. The lowest BCUT2D eigenvalue weighted by atomic mass is 10.1. The summed E-state index contributed by atoms with van der Waals surface area (Å²) in [7, 11) is 1.60. The molecular weight excluding hydrogens is 318 g/mol. The third-order valence-electron chi connectivity index (χ3n) is 3.07. The largest absolute Gasteiger partial charge is 0.497 e. The quantitative estimate of drug-likeness (QED) is 0.919. The zero-order chi connectivity index (χ0) is 14.5. The summed E-state index contributed by atoms with van der Waals surface area (Å²) in [6, 6.07) is 14.9. The van der Waals surface area contributed by atoms with E-state index in [1.165, 1.54) is 0 Å². The zero-order valence-electron chi connectivity index (χ0n) is 11.4. The summed E-state index contributed by atoms with van der Waals surface area (Å²) in [6.07, 6.45) is 0. The van der Waals surface area contributed by atoms with E-state index < -0.39 is 0 Å². The lowest BCUT2D eigenvalue weighted by Gasteiger charge is -2.14. The second kappa shape index (κ2) is 6.57. The molecule has 0 unspecified atom stereocenters. The van der Waals surface area contributed by atoms with Crippen LogP contribution in [-0.2, 0) is 0 Å². The number of hydrogen-bond acceptors (Lipinski definition) is 2. The Balaban J connectivity index is 2.04. The first kappa shape index (κ1) is 14.6. The van der Waals surface area contributed by atoms with Crippen molar-refractivity contribution in [2.45, 2.75) is 13.0 Å². The molecule has 0 saturated heterocycles. The number of nitrogens with one attached hydrogen (secondary N) is 1.